The van der Waals surface area contributed by atoms with Crippen LogP contribution in [0.25, 0.3) is 0 Å². The van der Waals surface area contributed by atoms with Crippen LogP contribution in [0.2, 0.25) is 0 Å². The van der Waals surface area contributed by atoms with Gasteiger partial charge in [-0.1, -0.05) is 27.7 Å². The number of nitrogens with zero attached hydrogens (tertiary/aromatic N) is 1. The van der Waals surface area contributed by atoms with Gasteiger partial charge < -0.3 is 10.0 Å². The molecule has 1 fully saturated rings. The van der Waals surface area contributed by atoms with E-state index in [0.717, 1.165) is 25.7 Å². The Kier molecular flexibility index (Phi) is 4.47. The average Bonchev–Trinajstić information content (AvgIpc) is 2.26. The first-order valence-electron chi connectivity index (χ1n) is 7.01. The van der Waals surface area contributed by atoms with Crippen molar-refractivity contribution in [2.75, 3.05) is 14.1 Å². The SMILES string of the molecule is CC(C(=O)N(C)C)C1(O)CCC(C(C)(C)C)CC1. The van der Waals surface area contributed by atoms with Crippen molar-refractivity contribution in [2.24, 2.45) is 17.3 Å². The van der Waals surface area contributed by atoms with Gasteiger partial charge in [0.1, 0.15) is 0 Å². The average molecular weight is 255 g/mol. The predicted molar refractivity (Wildman–Crippen MR) is 74.2 cm³/mol. The molecule has 1 N–H and O–H groups in total. The number of carbonyl (C=O) groups excluding carboxylic acids is 1. The Morgan fingerprint density at radius 3 is 2.06 bits per heavy atom. The highest BCUT2D eigenvalue weighted by Crippen LogP contribution is 2.44. The maximum atomic E-state index is 12.0. The smallest absolute Gasteiger partial charge is 0.227 e. The highest BCUT2D eigenvalue weighted by Gasteiger charge is 2.43. The number of hydrogen-bond acceptors (Lipinski definition) is 2. The summed E-state index contributed by atoms with van der Waals surface area (Å²) < 4.78 is 0. The van der Waals surface area contributed by atoms with Gasteiger partial charge in [0.2, 0.25) is 5.91 Å². The molecule has 1 saturated carbocycles. The molecule has 0 aromatic heterocycles. The van der Waals surface area contributed by atoms with Crippen LogP contribution in [0, 0.1) is 17.3 Å². The third kappa shape index (κ3) is 3.25. The van der Waals surface area contributed by atoms with E-state index in [0.29, 0.717) is 11.3 Å². The van der Waals surface area contributed by atoms with Crippen LogP contribution in [0.1, 0.15) is 53.4 Å². The molecule has 0 heterocycles. The molecule has 18 heavy (non-hydrogen) atoms. The molecule has 1 aliphatic carbocycles. The summed E-state index contributed by atoms with van der Waals surface area (Å²) >= 11 is 0. The van der Waals surface area contributed by atoms with Gasteiger partial charge in [-0.15, -0.1) is 0 Å². The molecule has 1 rings (SSSR count). The Morgan fingerprint density at radius 2 is 1.72 bits per heavy atom. The maximum Gasteiger partial charge on any atom is 0.227 e. The van der Waals surface area contributed by atoms with Crippen molar-refractivity contribution in [3.05, 3.63) is 0 Å². The van der Waals surface area contributed by atoms with Gasteiger partial charge in [-0.05, 0) is 37.0 Å². The van der Waals surface area contributed by atoms with Crippen molar-refractivity contribution < 1.29 is 9.90 Å². The van der Waals surface area contributed by atoms with E-state index in [-0.39, 0.29) is 11.8 Å². The number of hydrogen-bond donors (Lipinski definition) is 1. The van der Waals surface area contributed by atoms with E-state index < -0.39 is 5.60 Å². The zero-order chi connectivity index (χ0) is 14.1. The third-order valence-electron chi connectivity index (χ3n) is 4.69. The zero-order valence-corrected chi connectivity index (χ0v) is 12.8. The number of aliphatic hydroxyl groups is 1. The fraction of sp³-hybridized carbons (Fsp3) is 0.933. The van der Waals surface area contributed by atoms with Gasteiger partial charge in [0, 0.05) is 14.1 Å². The molecule has 0 saturated heterocycles. The van der Waals surface area contributed by atoms with Gasteiger partial charge in [0.25, 0.3) is 0 Å². The zero-order valence-electron chi connectivity index (χ0n) is 12.8. The summed E-state index contributed by atoms with van der Waals surface area (Å²) in [5.74, 6) is 0.388. The van der Waals surface area contributed by atoms with Gasteiger partial charge in [-0.2, -0.15) is 0 Å². The van der Waals surface area contributed by atoms with Crippen LogP contribution in [0.4, 0.5) is 0 Å². The molecule has 1 aliphatic rings. The normalized spacial score (nSPS) is 30.9. The molecular formula is C15H29NO2. The maximum absolute atomic E-state index is 12.0. The van der Waals surface area contributed by atoms with Crippen molar-refractivity contribution in [2.45, 2.75) is 59.0 Å². The van der Waals surface area contributed by atoms with E-state index in [1.54, 1.807) is 19.0 Å². The minimum Gasteiger partial charge on any atom is -0.389 e. The second kappa shape index (κ2) is 5.20. The Morgan fingerprint density at radius 1 is 1.28 bits per heavy atom. The quantitative estimate of drug-likeness (QED) is 0.824. The second-order valence-corrected chi connectivity index (χ2v) is 7.20. The second-order valence-electron chi connectivity index (χ2n) is 7.20. The molecule has 0 aromatic rings. The fourth-order valence-electron chi connectivity index (χ4n) is 3.03. The van der Waals surface area contributed by atoms with Crippen LogP contribution in [0.5, 0.6) is 0 Å². The molecule has 0 bridgehead atoms. The number of carbonyl (C=O) groups is 1. The van der Waals surface area contributed by atoms with Crippen LogP contribution >= 0.6 is 0 Å². The van der Waals surface area contributed by atoms with E-state index >= 15 is 0 Å². The molecular weight excluding hydrogens is 226 g/mol. The van der Waals surface area contributed by atoms with Gasteiger partial charge >= 0.3 is 0 Å². The lowest BCUT2D eigenvalue weighted by Gasteiger charge is -2.44. The Bertz CT molecular complexity index is 296. The Balaban J connectivity index is 2.67. The fourth-order valence-corrected chi connectivity index (χ4v) is 3.03. The monoisotopic (exact) mass is 255 g/mol. The Hall–Kier alpha value is -0.570. The standard InChI is InChI=1S/C15H29NO2/c1-11(13(17)16(5)6)15(18)9-7-12(8-10-15)14(2,3)4/h11-12,18H,7-10H2,1-6H3. The van der Waals surface area contributed by atoms with E-state index in [1.807, 2.05) is 6.92 Å². The van der Waals surface area contributed by atoms with Crippen LogP contribution in [-0.4, -0.2) is 35.6 Å². The minimum absolute atomic E-state index is 0.0340. The van der Waals surface area contributed by atoms with Crippen molar-refractivity contribution in [3.8, 4) is 0 Å². The third-order valence-corrected chi connectivity index (χ3v) is 4.69. The van der Waals surface area contributed by atoms with Crippen LogP contribution in [0.15, 0.2) is 0 Å². The molecule has 0 aromatic carbocycles. The van der Waals surface area contributed by atoms with Crippen molar-refractivity contribution in [1.82, 2.24) is 4.90 Å². The van der Waals surface area contributed by atoms with Crippen molar-refractivity contribution >= 4 is 5.91 Å². The highest BCUT2D eigenvalue weighted by molar-refractivity contribution is 5.79. The first kappa shape index (κ1) is 15.5. The molecule has 0 aliphatic heterocycles. The number of rotatable bonds is 2. The van der Waals surface area contributed by atoms with E-state index in [4.69, 9.17) is 0 Å². The van der Waals surface area contributed by atoms with E-state index in [9.17, 15) is 9.90 Å². The predicted octanol–water partition coefficient (Wildman–Crippen LogP) is 2.68. The molecule has 1 unspecified atom stereocenters. The van der Waals surface area contributed by atoms with Crippen molar-refractivity contribution in [3.63, 3.8) is 0 Å². The molecule has 106 valence electrons. The first-order valence-corrected chi connectivity index (χ1v) is 7.01. The molecule has 1 amide bonds. The molecule has 1 atom stereocenters. The lowest BCUT2D eigenvalue weighted by molar-refractivity contribution is -0.146. The first-order chi connectivity index (χ1) is 8.08. The summed E-state index contributed by atoms with van der Waals surface area (Å²) in [5.41, 5.74) is -0.501. The summed E-state index contributed by atoms with van der Waals surface area (Å²) in [7, 11) is 3.51. The summed E-state index contributed by atoms with van der Waals surface area (Å²) in [6, 6.07) is 0. The summed E-state index contributed by atoms with van der Waals surface area (Å²) in [4.78, 5) is 13.6. The van der Waals surface area contributed by atoms with Gasteiger partial charge in [-0.25, -0.2) is 0 Å². The largest absolute Gasteiger partial charge is 0.389 e. The van der Waals surface area contributed by atoms with Gasteiger partial charge in [0.15, 0.2) is 0 Å². The number of amides is 1. The van der Waals surface area contributed by atoms with Gasteiger partial charge in [-0.3, -0.25) is 4.79 Å². The Labute approximate surface area is 112 Å². The van der Waals surface area contributed by atoms with Crippen LogP contribution in [-0.2, 0) is 4.79 Å². The van der Waals surface area contributed by atoms with Crippen LogP contribution in [0.3, 0.4) is 0 Å². The lowest BCUT2D eigenvalue weighted by atomic mass is 9.65. The molecule has 0 radical (unpaired) electrons. The molecule has 3 nitrogen and oxygen atoms in total. The lowest BCUT2D eigenvalue weighted by Crippen LogP contribution is -2.48. The summed E-state index contributed by atoms with van der Waals surface area (Å²) in [6.45, 7) is 8.64. The summed E-state index contributed by atoms with van der Waals surface area (Å²) in [5, 5.41) is 10.7. The highest BCUT2D eigenvalue weighted by atomic mass is 16.3. The van der Waals surface area contributed by atoms with Crippen LogP contribution < -0.4 is 0 Å². The minimum atomic E-state index is -0.802. The van der Waals surface area contributed by atoms with E-state index in [2.05, 4.69) is 20.8 Å². The van der Waals surface area contributed by atoms with Gasteiger partial charge in [0.05, 0.1) is 11.5 Å². The molecule has 3 heteroatoms. The molecule has 0 spiro atoms. The van der Waals surface area contributed by atoms with Crippen molar-refractivity contribution in [1.29, 1.82) is 0 Å². The van der Waals surface area contributed by atoms with E-state index in [1.165, 1.54) is 0 Å². The topological polar surface area (TPSA) is 40.5 Å². The summed E-state index contributed by atoms with van der Waals surface area (Å²) in [6.07, 6.45) is 3.53.